The Kier molecular flexibility index (Phi) is 3.99. The highest BCUT2D eigenvalue weighted by atomic mass is 32.2. The van der Waals surface area contributed by atoms with E-state index >= 15 is 0 Å². The zero-order chi connectivity index (χ0) is 13.3. The van der Waals surface area contributed by atoms with Crippen molar-refractivity contribution in [2.24, 2.45) is 5.41 Å². The van der Waals surface area contributed by atoms with Gasteiger partial charge in [-0.15, -0.1) is 0 Å². The molecule has 0 fully saturated rings. The standard InChI is InChI=1S/C11H21N3O2S/c1-11(2,3)10(12-4)8-14-7-9(6-13-14)17(5,15)16/h6-7,10,12H,8H2,1-5H3. The summed E-state index contributed by atoms with van der Waals surface area (Å²) in [6, 6.07) is 0.231. The SMILES string of the molecule is CNC(Cn1cc(S(C)(=O)=O)cn1)C(C)(C)C. The Bertz CT molecular complexity index is 471. The van der Waals surface area contributed by atoms with Crippen molar-refractivity contribution < 1.29 is 8.42 Å². The van der Waals surface area contributed by atoms with Crippen LogP contribution in [0.1, 0.15) is 20.8 Å². The Morgan fingerprint density at radius 1 is 1.47 bits per heavy atom. The molecule has 1 N–H and O–H groups in total. The van der Waals surface area contributed by atoms with Crippen molar-refractivity contribution in [2.45, 2.75) is 38.3 Å². The van der Waals surface area contributed by atoms with Gasteiger partial charge in [0.25, 0.3) is 0 Å². The van der Waals surface area contributed by atoms with Gasteiger partial charge in [0.2, 0.25) is 0 Å². The van der Waals surface area contributed by atoms with Crippen LogP contribution in [-0.2, 0) is 16.4 Å². The van der Waals surface area contributed by atoms with Crippen LogP contribution >= 0.6 is 0 Å². The van der Waals surface area contributed by atoms with Crippen LogP contribution in [-0.4, -0.2) is 37.5 Å². The first-order chi connectivity index (χ1) is 7.64. The Balaban J connectivity index is 2.86. The summed E-state index contributed by atoms with van der Waals surface area (Å²) < 4.78 is 24.3. The molecule has 0 aliphatic carbocycles. The van der Waals surface area contributed by atoms with E-state index in [0.29, 0.717) is 6.54 Å². The van der Waals surface area contributed by atoms with Crippen molar-refractivity contribution in [1.29, 1.82) is 0 Å². The van der Waals surface area contributed by atoms with Crippen molar-refractivity contribution in [2.75, 3.05) is 13.3 Å². The molecule has 1 unspecified atom stereocenters. The fourth-order valence-electron chi connectivity index (χ4n) is 1.62. The molecule has 0 bridgehead atoms. The van der Waals surface area contributed by atoms with E-state index in [4.69, 9.17) is 0 Å². The molecule has 0 saturated heterocycles. The normalized spacial score (nSPS) is 14.9. The summed E-state index contributed by atoms with van der Waals surface area (Å²) in [6.07, 6.45) is 4.16. The van der Waals surface area contributed by atoms with Crippen LogP contribution in [0.3, 0.4) is 0 Å². The van der Waals surface area contributed by atoms with Crippen LogP contribution in [0.15, 0.2) is 17.3 Å². The minimum Gasteiger partial charge on any atom is -0.315 e. The van der Waals surface area contributed by atoms with Gasteiger partial charge in [0.1, 0.15) is 4.90 Å². The van der Waals surface area contributed by atoms with Crippen molar-refractivity contribution >= 4 is 9.84 Å². The van der Waals surface area contributed by atoms with Crippen LogP contribution in [0.4, 0.5) is 0 Å². The van der Waals surface area contributed by atoms with E-state index in [1.807, 2.05) is 7.05 Å². The summed E-state index contributed by atoms with van der Waals surface area (Å²) >= 11 is 0. The third-order valence-corrected chi connectivity index (χ3v) is 3.87. The number of likely N-dealkylation sites (N-methyl/N-ethyl adjacent to an activating group) is 1. The predicted molar refractivity (Wildman–Crippen MR) is 67.6 cm³/mol. The van der Waals surface area contributed by atoms with Gasteiger partial charge in [-0.1, -0.05) is 20.8 Å². The second kappa shape index (κ2) is 4.78. The van der Waals surface area contributed by atoms with Gasteiger partial charge in [0.05, 0.1) is 12.7 Å². The maximum Gasteiger partial charge on any atom is 0.178 e. The molecule has 6 heteroatoms. The first-order valence-corrected chi connectivity index (χ1v) is 7.43. The lowest BCUT2D eigenvalue weighted by Crippen LogP contribution is -2.41. The van der Waals surface area contributed by atoms with Gasteiger partial charge in [-0.25, -0.2) is 8.42 Å². The van der Waals surface area contributed by atoms with E-state index in [1.165, 1.54) is 12.5 Å². The van der Waals surface area contributed by atoms with Crippen molar-refractivity contribution in [1.82, 2.24) is 15.1 Å². The van der Waals surface area contributed by atoms with Crippen LogP contribution in [0.5, 0.6) is 0 Å². The van der Waals surface area contributed by atoms with Gasteiger partial charge in [-0.3, -0.25) is 4.68 Å². The second-order valence-electron chi connectivity index (χ2n) is 5.38. The Morgan fingerprint density at radius 2 is 2.06 bits per heavy atom. The fourth-order valence-corrected chi connectivity index (χ4v) is 2.17. The molecule has 1 heterocycles. The molecule has 0 aliphatic rings. The molecule has 1 rings (SSSR count). The number of rotatable bonds is 4. The highest BCUT2D eigenvalue weighted by Crippen LogP contribution is 2.20. The van der Waals surface area contributed by atoms with Crippen molar-refractivity contribution in [3.05, 3.63) is 12.4 Å². The van der Waals surface area contributed by atoms with E-state index in [9.17, 15) is 8.42 Å². The van der Waals surface area contributed by atoms with Crippen molar-refractivity contribution in [3.63, 3.8) is 0 Å². The summed E-state index contributed by atoms with van der Waals surface area (Å²) in [6.45, 7) is 7.05. The molecule has 5 nitrogen and oxygen atoms in total. The van der Waals surface area contributed by atoms with Gasteiger partial charge in [-0.2, -0.15) is 5.10 Å². The lowest BCUT2D eigenvalue weighted by Gasteiger charge is -2.30. The highest BCUT2D eigenvalue weighted by molar-refractivity contribution is 7.90. The van der Waals surface area contributed by atoms with Gasteiger partial charge >= 0.3 is 0 Å². The Labute approximate surface area is 103 Å². The van der Waals surface area contributed by atoms with Crippen LogP contribution in [0, 0.1) is 5.41 Å². The first-order valence-electron chi connectivity index (χ1n) is 5.54. The zero-order valence-corrected chi connectivity index (χ0v) is 11.9. The summed E-state index contributed by atoms with van der Waals surface area (Å²) in [7, 11) is -1.26. The number of sulfone groups is 1. The maximum atomic E-state index is 11.3. The van der Waals surface area contributed by atoms with Gasteiger partial charge in [0, 0.05) is 18.5 Å². The third kappa shape index (κ3) is 3.81. The van der Waals surface area contributed by atoms with E-state index in [2.05, 4.69) is 31.2 Å². The molecule has 0 radical (unpaired) electrons. The van der Waals surface area contributed by atoms with Gasteiger partial charge < -0.3 is 5.32 Å². The molecule has 0 spiro atoms. The van der Waals surface area contributed by atoms with Crippen LogP contribution in [0.25, 0.3) is 0 Å². The minimum atomic E-state index is -3.16. The van der Waals surface area contributed by atoms with Crippen LogP contribution in [0.2, 0.25) is 0 Å². The molecule has 1 aromatic heterocycles. The average molecular weight is 259 g/mol. The lowest BCUT2D eigenvalue weighted by atomic mass is 9.87. The number of nitrogens with one attached hydrogen (secondary N) is 1. The third-order valence-electron chi connectivity index (χ3n) is 2.80. The predicted octanol–water partition coefficient (Wildman–Crippen LogP) is 0.921. The van der Waals surface area contributed by atoms with Gasteiger partial charge in [0.15, 0.2) is 9.84 Å². The fraction of sp³-hybridized carbons (Fsp3) is 0.727. The van der Waals surface area contributed by atoms with E-state index in [-0.39, 0.29) is 16.4 Å². The molecule has 0 aliphatic heterocycles. The summed E-state index contributed by atoms with van der Waals surface area (Å²) in [5.74, 6) is 0. The molecular weight excluding hydrogens is 238 g/mol. The Hall–Kier alpha value is -0.880. The first kappa shape index (κ1) is 14.2. The van der Waals surface area contributed by atoms with Crippen LogP contribution < -0.4 is 5.32 Å². The quantitative estimate of drug-likeness (QED) is 0.873. The highest BCUT2D eigenvalue weighted by Gasteiger charge is 2.24. The van der Waals surface area contributed by atoms with E-state index < -0.39 is 9.84 Å². The summed E-state index contributed by atoms with van der Waals surface area (Å²) in [5, 5.41) is 7.31. The second-order valence-corrected chi connectivity index (χ2v) is 7.39. The minimum absolute atomic E-state index is 0.0892. The lowest BCUT2D eigenvalue weighted by molar-refractivity contribution is 0.247. The van der Waals surface area contributed by atoms with Gasteiger partial charge in [-0.05, 0) is 12.5 Å². The topological polar surface area (TPSA) is 64.0 Å². The Morgan fingerprint density at radius 3 is 2.41 bits per heavy atom. The molecule has 0 saturated carbocycles. The monoisotopic (exact) mass is 259 g/mol. The molecule has 17 heavy (non-hydrogen) atoms. The van der Waals surface area contributed by atoms with E-state index in [1.54, 1.807) is 10.9 Å². The zero-order valence-electron chi connectivity index (χ0n) is 11.1. The largest absolute Gasteiger partial charge is 0.315 e. The molecule has 0 aromatic carbocycles. The van der Waals surface area contributed by atoms with E-state index in [0.717, 1.165) is 0 Å². The van der Waals surface area contributed by atoms with Crippen molar-refractivity contribution in [3.8, 4) is 0 Å². The number of aromatic nitrogens is 2. The molecule has 1 atom stereocenters. The molecule has 1 aromatic rings. The average Bonchev–Trinajstić information content (AvgIpc) is 2.59. The number of nitrogens with zero attached hydrogens (tertiary/aromatic N) is 2. The molecule has 98 valence electrons. The molecule has 0 amide bonds. The smallest absolute Gasteiger partial charge is 0.178 e. The summed E-state index contributed by atoms with van der Waals surface area (Å²) in [5.41, 5.74) is 0.0892. The number of hydrogen-bond donors (Lipinski definition) is 1. The molecular formula is C11H21N3O2S. The summed E-state index contributed by atoms with van der Waals surface area (Å²) in [4.78, 5) is 0.265. The number of hydrogen-bond acceptors (Lipinski definition) is 4. The maximum absolute atomic E-state index is 11.3.